The average molecular weight is 614 g/mol. The Morgan fingerprint density at radius 1 is 0.479 bits per heavy atom. The molecule has 0 aliphatic carbocycles. The standard InChI is InChI=1S/C45H31N3/c1-2-15-34(16-3-1)48-43-24-11-10-23-42(43)47-45(48)35-17-5-4-14-33(35)30-40-36-18-6-8-20-38(36)44(39-21-9-7-19-37(39)40)32-27-25-31(26-28-32)41-22-12-13-29-46-41/h1-29H,30H2. The van der Waals surface area contributed by atoms with E-state index >= 15 is 0 Å². The van der Waals surface area contributed by atoms with Crippen LogP contribution >= 0.6 is 0 Å². The zero-order chi connectivity index (χ0) is 31.9. The third-order valence-corrected chi connectivity index (χ3v) is 9.38. The van der Waals surface area contributed by atoms with Crippen LogP contribution in [0, 0.1) is 0 Å². The number of hydrogen-bond donors (Lipinski definition) is 0. The lowest BCUT2D eigenvalue weighted by molar-refractivity contribution is 1.09. The van der Waals surface area contributed by atoms with Crippen molar-refractivity contribution < 1.29 is 0 Å². The number of benzene rings is 7. The SMILES string of the molecule is c1ccc(-n2c(-c3ccccc3Cc3c4ccccc4c(-c4ccc(-c5ccccn5)cc4)c4ccccc34)nc3ccccc32)cc1. The van der Waals surface area contributed by atoms with Crippen LogP contribution in [0.3, 0.4) is 0 Å². The van der Waals surface area contributed by atoms with E-state index in [2.05, 4.69) is 167 Å². The van der Waals surface area contributed by atoms with Crippen molar-refractivity contribution in [3.05, 3.63) is 187 Å². The molecule has 48 heavy (non-hydrogen) atoms. The first-order valence-electron chi connectivity index (χ1n) is 16.4. The smallest absolute Gasteiger partial charge is 0.146 e. The average Bonchev–Trinajstić information content (AvgIpc) is 3.55. The van der Waals surface area contributed by atoms with Gasteiger partial charge in [0.2, 0.25) is 0 Å². The van der Waals surface area contributed by atoms with Crippen LogP contribution in [0.15, 0.2) is 176 Å². The molecule has 9 rings (SSSR count). The van der Waals surface area contributed by atoms with Gasteiger partial charge in [-0.2, -0.15) is 0 Å². The number of imidazole rings is 1. The molecule has 9 aromatic rings. The molecule has 0 unspecified atom stereocenters. The van der Waals surface area contributed by atoms with Crippen molar-refractivity contribution in [3.63, 3.8) is 0 Å². The number of hydrogen-bond acceptors (Lipinski definition) is 2. The van der Waals surface area contributed by atoms with Crippen LogP contribution in [0.25, 0.3) is 72.0 Å². The minimum Gasteiger partial charge on any atom is -0.292 e. The van der Waals surface area contributed by atoms with Crippen LogP contribution in [-0.2, 0) is 6.42 Å². The van der Waals surface area contributed by atoms with Gasteiger partial charge in [-0.25, -0.2) is 4.98 Å². The lowest BCUT2D eigenvalue weighted by atomic mass is 9.85. The van der Waals surface area contributed by atoms with Crippen molar-refractivity contribution in [3.8, 4) is 39.5 Å². The maximum Gasteiger partial charge on any atom is 0.146 e. The summed E-state index contributed by atoms with van der Waals surface area (Å²) in [4.78, 5) is 9.79. The molecular formula is C45H31N3. The van der Waals surface area contributed by atoms with Crippen molar-refractivity contribution >= 4 is 32.6 Å². The van der Waals surface area contributed by atoms with Crippen LogP contribution in [0.5, 0.6) is 0 Å². The summed E-state index contributed by atoms with van der Waals surface area (Å²) in [6, 6.07) is 60.3. The van der Waals surface area contributed by atoms with Crippen LogP contribution in [-0.4, -0.2) is 14.5 Å². The lowest BCUT2D eigenvalue weighted by Gasteiger charge is -2.19. The highest BCUT2D eigenvalue weighted by molar-refractivity contribution is 6.15. The van der Waals surface area contributed by atoms with Gasteiger partial charge in [0.25, 0.3) is 0 Å². The summed E-state index contributed by atoms with van der Waals surface area (Å²) in [7, 11) is 0. The summed E-state index contributed by atoms with van der Waals surface area (Å²) in [6.07, 6.45) is 2.62. The minimum absolute atomic E-state index is 0.772. The molecule has 0 spiro atoms. The normalized spacial score (nSPS) is 11.4. The zero-order valence-electron chi connectivity index (χ0n) is 26.3. The first-order chi connectivity index (χ1) is 23.8. The quantitative estimate of drug-likeness (QED) is 0.175. The highest BCUT2D eigenvalue weighted by atomic mass is 15.1. The number of fused-ring (bicyclic) bond motifs is 3. The van der Waals surface area contributed by atoms with E-state index in [0.717, 1.165) is 45.8 Å². The Bertz CT molecular complexity index is 2510. The summed E-state index contributed by atoms with van der Waals surface area (Å²) in [5, 5.41) is 5.05. The molecular weight excluding hydrogens is 583 g/mol. The molecule has 226 valence electrons. The summed E-state index contributed by atoms with van der Waals surface area (Å²) in [6.45, 7) is 0. The van der Waals surface area contributed by atoms with E-state index in [1.165, 1.54) is 43.8 Å². The Morgan fingerprint density at radius 2 is 1.08 bits per heavy atom. The van der Waals surface area contributed by atoms with Gasteiger partial charge in [0.15, 0.2) is 0 Å². The molecule has 0 bridgehead atoms. The van der Waals surface area contributed by atoms with Crippen molar-refractivity contribution in [2.24, 2.45) is 0 Å². The van der Waals surface area contributed by atoms with E-state index in [-0.39, 0.29) is 0 Å². The Hall–Kier alpha value is -6.32. The molecule has 0 saturated heterocycles. The molecule has 0 aliphatic heterocycles. The molecule has 0 amide bonds. The molecule has 3 heteroatoms. The van der Waals surface area contributed by atoms with Crippen molar-refractivity contribution in [1.29, 1.82) is 0 Å². The lowest BCUT2D eigenvalue weighted by Crippen LogP contribution is -2.01. The number of aromatic nitrogens is 3. The third-order valence-electron chi connectivity index (χ3n) is 9.38. The van der Waals surface area contributed by atoms with Gasteiger partial charge in [0.05, 0.1) is 16.7 Å². The highest BCUT2D eigenvalue weighted by Gasteiger charge is 2.20. The van der Waals surface area contributed by atoms with Gasteiger partial charge in [-0.15, -0.1) is 0 Å². The van der Waals surface area contributed by atoms with Gasteiger partial charge in [-0.1, -0.05) is 133 Å². The van der Waals surface area contributed by atoms with Gasteiger partial charge in [-0.3, -0.25) is 9.55 Å². The predicted octanol–water partition coefficient (Wildman–Crippen LogP) is 11.3. The molecule has 0 saturated carbocycles. The molecule has 0 atom stereocenters. The van der Waals surface area contributed by atoms with Crippen LogP contribution in [0.4, 0.5) is 0 Å². The van der Waals surface area contributed by atoms with Crippen LogP contribution < -0.4 is 0 Å². The van der Waals surface area contributed by atoms with E-state index in [1.807, 2.05) is 18.3 Å². The largest absolute Gasteiger partial charge is 0.292 e. The Balaban J connectivity index is 1.23. The van der Waals surface area contributed by atoms with E-state index in [0.29, 0.717) is 0 Å². The Morgan fingerprint density at radius 3 is 1.81 bits per heavy atom. The molecule has 7 aromatic carbocycles. The first-order valence-corrected chi connectivity index (χ1v) is 16.4. The van der Waals surface area contributed by atoms with E-state index in [9.17, 15) is 0 Å². The minimum atomic E-state index is 0.772. The highest BCUT2D eigenvalue weighted by Crippen LogP contribution is 2.41. The topological polar surface area (TPSA) is 30.7 Å². The van der Waals surface area contributed by atoms with Gasteiger partial charge in [-0.05, 0) is 86.6 Å². The Kier molecular flexibility index (Phi) is 6.87. The second kappa shape index (κ2) is 11.8. The molecule has 0 radical (unpaired) electrons. The van der Waals surface area contributed by atoms with E-state index < -0.39 is 0 Å². The number of rotatable bonds is 6. The molecule has 0 fully saturated rings. The molecule has 0 N–H and O–H groups in total. The summed E-state index contributed by atoms with van der Waals surface area (Å²) < 4.78 is 2.29. The first kappa shape index (κ1) is 27.9. The fourth-order valence-electron chi connectivity index (χ4n) is 7.19. The fourth-order valence-corrected chi connectivity index (χ4v) is 7.19. The van der Waals surface area contributed by atoms with Gasteiger partial charge >= 0.3 is 0 Å². The number of pyridine rings is 1. The van der Waals surface area contributed by atoms with E-state index in [4.69, 9.17) is 4.98 Å². The van der Waals surface area contributed by atoms with Crippen LogP contribution in [0.2, 0.25) is 0 Å². The fraction of sp³-hybridized carbons (Fsp3) is 0.0222. The van der Waals surface area contributed by atoms with Gasteiger partial charge in [0.1, 0.15) is 5.82 Å². The van der Waals surface area contributed by atoms with Gasteiger partial charge < -0.3 is 0 Å². The zero-order valence-corrected chi connectivity index (χ0v) is 26.3. The monoisotopic (exact) mass is 613 g/mol. The summed E-state index contributed by atoms with van der Waals surface area (Å²) >= 11 is 0. The molecule has 2 heterocycles. The second-order valence-corrected chi connectivity index (χ2v) is 12.2. The molecule has 3 nitrogen and oxygen atoms in total. The van der Waals surface area contributed by atoms with Crippen molar-refractivity contribution in [2.75, 3.05) is 0 Å². The molecule has 0 aliphatic rings. The maximum atomic E-state index is 5.23. The number of para-hydroxylation sites is 3. The second-order valence-electron chi connectivity index (χ2n) is 12.2. The van der Waals surface area contributed by atoms with Gasteiger partial charge in [0, 0.05) is 23.0 Å². The molecule has 2 aromatic heterocycles. The van der Waals surface area contributed by atoms with E-state index in [1.54, 1.807) is 0 Å². The summed E-state index contributed by atoms with van der Waals surface area (Å²) in [5.74, 6) is 0.955. The Labute approximate surface area is 279 Å². The maximum absolute atomic E-state index is 5.23. The number of nitrogens with zero attached hydrogens (tertiary/aromatic N) is 3. The summed E-state index contributed by atoms with van der Waals surface area (Å²) in [5.41, 5.74) is 11.4. The van der Waals surface area contributed by atoms with Crippen molar-refractivity contribution in [2.45, 2.75) is 6.42 Å². The predicted molar refractivity (Wildman–Crippen MR) is 199 cm³/mol. The van der Waals surface area contributed by atoms with Crippen LogP contribution in [0.1, 0.15) is 11.1 Å². The van der Waals surface area contributed by atoms with Crippen molar-refractivity contribution in [1.82, 2.24) is 14.5 Å². The third kappa shape index (κ3) is 4.76.